The van der Waals surface area contributed by atoms with Crippen molar-refractivity contribution in [1.29, 1.82) is 0 Å². The van der Waals surface area contributed by atoms with Crippen molar-refractivity contribution in [3.05, 3.63) is 58.9 Å². The van der Waals surface area contributed by atoms with Crippen LogP contribution in [-0.2, 0) is 13.2 Å². The van der Waals surface area contributed by atoms with Crippen LogP contribution in [0.4, 0.5) is 0 Å². The van der Waals surface area contributed by atoms with E-state index in [4.69, 9.17) is 16.3 Å². The van der Waals surface area contributed by atoms with Gasteiger partial charge in [-0.25, -0.2) is 0 Å². The Morgan fingerprint density at radius 2 is 2.10 bits per heavy atom. The average Bonchev–Trinajstić information content (AvgIpc) is 2.45. The van der Waals surface area contributed by atoms with Gasteiger partial charge < -0.3 is 10.1 Å². The first kappa shape index (κ1) is 14.8. The van der Waals surface area contributed by atoms with Gasteiger partial charge in [0.15, 0.2) is 0 Å². The van der Waals surface area contributed by atoms with Gasteiger partial charge in [0.1, 0.15) is 12.4 Å². The smallest absolute Gasteiger partial charge is 0.125 e. The Kier molecular flexibility index (Phi) is 5.39. The summed E-state index contributed by atoms with van der Waals surface area (Å²) in [5, 5.41) is 4.09. The first-order valence-corrected chi connectivity index (χ1v) is 7.07. The molecule has 0 aliphatic carbocycles. The van der Waals surface area contributed by atoms with E-state index in [1.807, 2.05) is 30.3 Å². The predicted octanol–water partition coefficient (Wildman–Crippen LogP) is 3.81. The molecule has 1 aromatic heterocycles. The average molecular weight is 291 g/mol. The Bertz CT molecular complexity index is 543. The van der Waals surface area contributed by atoms with Gasteiger partial charge in [0, 0.05) is 41.1 Å². The Labute approximate surface area is 124 Å². The molecule has 0 radical (unpaired) electrons. The third-order valence-electron chi connectivity index (χ3n) is 2.88. The molecule has 0 spiro atoms. The van der Waals surface area contributed by atoms with Crippen LogP contribution in [0, 0.1) is 0 Å². The zero-order chi connectivity index (χ0) is 14.4. The highest BCUT2D eigenvalue weighted by atomic mass is 35.5. The summed E-state index contributed by atoms with van der Waals surface area (Å²) < 4.78 is 5.87. The molecule has 1 aromatic carbocycles. The van der Waals surface area contributed by atoms with Crippen molar-refractivity contribution in [1.82, 2.24) is 10.3 Å². The third-order valence-corrected chi connectivity index (χ3v) is 3.23. The van der Waals surface area contributed by atoms with Crippen LogP contribution >= 0.6 is 11.6 Å². The molecule has 4 heteroatoms. The monoisotopic (exact) mass is 290 g/mol. The number of hydrogen-bond donors (Lipinski definition) is 1. The lowest BCUT2D eigenvalue weighted by molar-refractivity contribution is 0.301. The number of ether oxygens (including phenoxy) is 1. The van der Waals surface area contributed by atoms with E-state index >= 15 is 0 Å². The minimum Gasteiger partial charge on any atom is -0.488 e. The van der Waals surface area contributed by atoms with Gasteiger partial charge in [0.05, 0.1) is 0 Å². The van der Waals surface area contributed by atoms with Crippen LogP contribution in [0.3, 0.4) is 0 Å². The quantitative estimate of drug-likeness (QED) is 0.878. The molecule has 0 amide bonds. The van der Waals surface area contributed by atoms with E-state index in [0.29, 0.717) is 19.2 Å². The number of aromatic nitrogens is 1. The lowest BCUT2D eigenvalue weighted by Crippen LogP contribution is -2.22. The molecule has 0 aliphatic heterocycles. The molecule has 1 N–H and O–H groups in total. The number of nitrogens with one attached hydrogen (secondary N) is 1. The molecular weight excluding hydrogens is 272 g/mol. The van der Waals surface area contributed by atoms with Crippen molar-refractivity contribution in [3.8, 4) is 5.75 Å². The van der Waals surface area contributed by atoms with Gasteiger partial charge in [-0.05, 0) is 18.2 Å². The molecule has 0 unspecified atom stereocenters. The fourth-order valence-electron chi connectivity index (χ4n) is 1.80. The molecule has 3 nitrogen and oxygen atoms in total. The minimum atomic E-state index is 0.400. The second kappa shape index (κ2) is 7.27. The van der Waals surface area contributed by atoms with Gasteiger partial charge in [-0.3, -0.25) is 4.98 Å². The molecule has 20 heavy (non-hydrogen) atoms. The molecule has 0 bridgehead atoms. The van der Waals surface area contributed by atoms with Crippen LogP contribution in [-0.4, -0.2) is 11.0 Å². The summed E-state index contributed by atoms with van der Waals surface area (Å²) in [6, 6.07) is 10.0. The SMILES string of the molecule is CC(C)NCc1c(Cl)cccc1OCc1cccnc1. The number of pyridine rings is 1. The highest BCUT2D eigenvalue weighted by Gasteiger charge is 2.09. The van der Waals surface area contributed by atoms with Gasteiger partial charge in [0.2, 0.25) is 0 Å². The molecule has 1 heterocycles. The van der Waals surface area contributed by atoms with Crippen molar-refractivity contribution in [3.63, 3.8) is 0 Å². The van der Waals surface area contributed by atoms with Gasteiger partial charge >= 0.3 is 0 Å². The fraction of sp³-hybridized carbons (Fsp3) is 0.312. The highest BCUT2D eigenvalue weighted by Crippen LogP contribution is 2.27. The lowest BCUT2D eigenvalue weighted by Gasteiger charge is -2.15. The molecular formula is C16H19ClN2O. The Morgan fingerprint density at radius 3 is 2.80 bits per heavy atom. The van der Waals surface area contributed by atoms with Crippen LogP contribution in [0.1, 0.15) is 25.0 Å². The normalized spacial score (nSPS) is 10.8. The Balaban J connectivity index is 2.08. The maximum Gasteiger partial charge on any atom is 0.125 e. The van der Waals surface area contributed by atoms with Crippen LogP contribution in [0.2, 0.25) is 5.02 Å². The largest absolute Gasteiger partial charge is 0.488 e. The van der Waals surface area contributed by atoms with E-state index in [9.17, 15) is 0 Å². The van der Waals surface area contributed by atoms with Crippen LogP contribution in [0.5, 0.6) is 5.75 Å². The standard InChI is InChI=1S/C16H19ClN2O/c1-12(2)19-10-14-15(17)6-3-7-16(14)20-11-13-5-4-8-18-9-13/h3-9,12,19H,10-11H2,1-2H3. The topological polar surface area (TPSA) is 34.1 Å². The predicted molar refractivity (Wildman–Crippen MR) is 82.0 cm³/mol. The molecule has 2 rings (SSSR count). The van der Waals surface area contributed by atoms with E-state index in [-0.39, 0.29) is 0 Å². The molecule has 0 saturated carbocycles. The lowest BCUT2D eigenvalue weighted by atomic mass is 10.2. The zero-order valence-corrected chi connectivity index (χ0v) is 12.5. The van der Waals surface area contributed by atoms with E-state index < -0.39 is 0 Å². The Hall–Kier alpha value is -1.58. The van der Waals surface area contributed by atoms with Crippen molar-refractivity contribution < 1.29 is 4.74 Å². The Morgan fingerprint density at radius 1 is 1.25 bits per heavy atom. The highest BCUT2D eigenvalue weighted by molar-refractivity contribution is 6.31. The molecule has 0 atom stereocenters. The van der Waals surface area contributed by atoms with Gasteiger partial charge in [-0.2, -0.15) is 0 Å². The molecule has 0 saturated heterocycles. The fourth-order valence-corrected chi connectivity index (χ4v) is 2.03. The second-order valence-electron chi connectivity index (χ2n) is 4.90. The van der Waals surface area contributed by atoms with Crippen molar-refractivity contribution in [2.24, 2.45) is 0 Å². The number of benzene rings is 1. The van der Waals surface area contributed by atoms with E-state index in [1.54, 1.807) is 12.4 Å². The summed E-state index contributed by atoms with van der Waals surface area (Å²) in [5.41, 5.74) is 2.03. The minimum absolute atomic E-state index is 0.400. The summed E-state index contributed by atoms with van der Waals surface area (Å²) in [4.78, 5) is 4.08. The van der Waals surface area contributed by atoms with Crippen molar-refractivity contribution in [2.75, 3.05) is 0 Å². The van der Waals surface area contributed by atoms with Crippen LogP contribution < -0.4 is 10.1 Å². The van der Waals surface area contributed by atoms with E-state index in [2.05, 4.69) is 24.1 Å². The first-order valence-electron chi connectivity index (χ1n) is 6.69. The van der Waals surface area contributed by atoms with Crippen LogP contribution in [0.25, 0.3) is 0 Å². The maximum absolute atomic E-state index is 6.26. The summed E-state index contributed by atoms with van der Waals surface area (Å²) >= 11 is 6.26. The van der Waals surface area contributed by atoms with Gasteiger partial charge in [-0.1, -0.05) is 37.6 Å². The maximum atomic E-state index is 6.26. The van der Waals surface area contributed by atoms with Crippen LogP contribution in [0.15, 0.2) is 42.7 Å². The van der Waals surface area contributed by atoms with Crippen molar-refractivity contribution in [2.45, 2.75) is 33.0 Å². The third kappa shape index (κ3) is 4.22. The molecule has 2 aromatic rings. The molecule has 0 fully saturated rings. The number of halogens is 1. The number of nitrogens with zero attached hydrogens (tertiary/aromatic N) is 1. The summed E-state index contributed by atoms with van der Waals surface area (Å²) in [5.74, 6) is 0.814. The summed E-state index contributed by atoms with van der Waals surface area (Å²) in [6.07, 6.45) is 3.55. The first-order chi connectivity index (χ1) is 9.66. The van der Waals surface area contributed by atoms with Gasteiger partial charge in [0.25, 0.3) is 0 Å². The summed E-state index contributed by atoms with van der Waals surface area (Å²) in [7, 11) is 0. The summed E-state index contributed by atoms with van der Waals surface area (Å²) in [6.45, 7) is 5.39. The zero-order valence-electron chi connectivity index (χ0n) is 11.8. The molecule has 0 aliphatic rings. The van der Waals surface area contributed by atoms with E-state index in [1.165, 1.54) is 0 Å². The number of hydrogen-bond acceptors (Lipinski definition) is 3. The van der Waals surface area contributed by atoms with Crippen molar-refractivity contribution >= 4 is 11.6 Å². The number of rotatable bonds is 6. The molecule has 106 valence electrons. The van der Waals surface area contributed by atoms with Gasteiger partial charge in [-0.15, -0.1) is 0 Å². The second-order valence-corrected chi connectivity index (χ2v) is 5.31. The van der Waals surface area contributed by atoms with E-state index in [0.717, 1.165) is 21.9 Å².